The molecule has 2 nitrogen and oxygen atoms in total. The summed E-state index contributed by atoms with van der Waals surface area (Å²) in [5.74, 6) is 0.619. The van der Waals surface area contributed by atoms with Crippen molar-refractivity contribution in [2.24, 2.45) is 11.8 Å². The maximum Gasteiger partial charge on any atom is 0.166 e. The molecule has 1 aromatic rings. The fraction of sp³-hybridized carbons (Fsp3) is 0.500. The summed E-state index contributed by atoms with van der Waals surface area (Å²) < 4.78 is 0.931. The van der Waals surface area contributed by atoms with E-state index in [0.29, 0.717) is 18.6 Å². The van der Waals surface area contributed by atoms with Crippen molar-refractivity contribution in [3.05, 3.63) is 33.8 Å². The van der Waals surface area contributed by atoms with E-state index in [-0.39, 0.29) is 17.6 Å². The molecule has 0 radical (unpaired) electrons. The first kappa shape index (κ1) is 14.4. The molecule has 0 spiro atoms. The lowest BCUT2D eigenvalue weighted by molar-refractivity contribution is -0.125. The number of halogens is 1. The van der Waals surface area contributed by atoms with Gasteiger partial charge in [0, 0.05) is 28.3 Å². The van der Waals surface area contributed by atoms with Crippen molar-refractivity contribution in [2.75, 3.05) is 0 Å². The van der Waals surface area contributed by atoms with Crippen LogP contribution in [0.2, 0.25) is 0 Å². The molecule has 0 aliphatic heterocycles. The van der Waals surface area contributed by atoms with Crippen LogP contribution in [0.25, 0.3) is 0 Å². The van der Waals surface area contributed by atoms with Crippen molar-refractivity contribution in [1.82, 2.24) is 0 Å². The highest BCUT2D eigenvalue weighted by atomic mass is 79.9. The van der Waals surface area contributed by atoms with E-state index in [4.69, 9.17) is 0 Å². The monoisotopic (exact) mass is 322 g/mol. The first-order valence-electron chi connectivity index (χ1n) is 6.86. The second-order valence-corrected chi connectivity index (χ2v) is 6.28. The van der Waals surface area contributed by atoms with Crippen LogP contribution in [0.1, 0.15) is 48.5 Å². The zero-order valence-corrected chi connectivity index (χ0v) is 13.0. The smallest absolute Gasteiger partial charge is 0.166 e. The number of benzene rings is 1. The van der Waals surface area contributed by atoms with E-state index in [0.717, 1.165) is 28.4 Å². The van der Waals surface area contributed by atoms with Gasteiger partial charge < -0.3 is 0 Å². The number of hydrogen-bond acceptors (Lipinski definition) is 2. The normalized spacial score (nSPS) is 23.4. The van der Waals surface area contributed by atoms with E-state index in [1.807, 2.05) is 32.0 Å². The Labute approximate surface area is 122 Å². The molecule has 102 valence electrons. The summed E-state index contributed by atoms with van der Waals surface area (Å²) in [4.78, 5) is 24.3. The van der Waals surface area contributed by atoms with Gasteiger partial charge in [-0.25, -0.2) is 0 Å². The van der Waals surface area contributed by atoms with E-state index in [1.165, 1.54) is 0 Å². The molecule has 0 aromatic heterocycles. The average Bonchev–Trinajstić information content (AvgIpc) is 2.41. The Bertz CT molecular complexity index is 507. The molecule has 1 aliphatic carbocycles. The molecule has 3 heteroatoms. The van der Waals surface area contributed by atoms with Gasteiger partial charge in [0.05, 0.1) is 0 Å². The van der Waals surface area contributed by atoms with Crippen molar-refractivity contribution in [1.29, 1.82) is 0 Å². The highest BCUT2D eigenvalue weighted by Gasteiger charge is 2.32. The van der Waals surface area contributed by atoms with Gasteiger partial charge in [0.15, 0.2) is 5.78 Å². The minimum absolute atomic E-state index is 0.00986. The Morgan fingerprint density at radius 2 is 2.16 bits per heavy atom. The van der Waals surface area contributed by atoms with Crippen molar-refractivity contribution >= 4 is 27.5 Å². The summed E-state index contributed by atoms with van der Waals surface area (Å²) in [6, 6.07) is 5.81. The third-order valence-corrected chi connectivity index (χ3v) is 4.59. The van der Waals surface area contributed by atoms with Gasteiger partial charge in [-0.05, 0) is 43.9 Å². The van der Waals surface area contributed by atoms with Gasteiger partial charge in [0.2, 0.25) is 0 Å². The van der Waals surface area contributed by atoms with Gasteiger partial charge in [-0.3, -0.25) is 9.59 Å². The molecule has 0 N–H and O–H groups in total. The Morgan fingerprint density at radius 1 is 1.42 bits per heavy atom. The van der Waals surface area contributed by atoms with E-state index < -0.39 is 0 Å². The zero-order valence-electron chi connectivity index (χ0n) is 11.4. The fourth-order valence-electron chi connectivity index (χ4n) is 2.83. The molecule has 0 bridgehead atoms. The van der Waals surface area contributed by atoms with Gasteiger partial charge in [-0.2, -0.15) is 0 Å². The number of ketones is 2. The Kier molecular flexibility index (Phi) is 4.56. The zero-order chi connectivity index (χ0) is 14.0. The summed E-state index contributed by atoms with van der Waals surface area (Å²) in [6.45, 7) is 3.99. The van der Waals surface area contributed by atoms with E-state index in [9.17, 15) is 9.59 Å². The van der Waals surface area contributed by atoms with Crippen LogP contribution in [0.15, 0.2) is 22.7 Å². The first-order valence-corrected chi connectivity index (χ1v) is 7.65. The Morgan fingerprint density at radius 3 is 2.84 bits per heavy atom. The average molecular weight is 323 g/mol. The molecular formula is C16H19BrO2. The van der Waals surface area contributed by atoms with Gasteiger partial charge in [-0.15, -0.1) is 0 Å². The molecule has 0 heterocycles. The molecule has 1 aliphatic rings. The number of aryl methyl sites for hydroxylation is 1. The van der Waals surface area contributed by atoms with Gasteiger partial charge in [-0.1, -0.05) is 28.9 Å². The standard InChI is InChI=1S/C16H19BrO2/c1-3-11-8-12(5-7-15(11)18)16(19)14-9-13(17)6-4-10(14)2/h4,6,9,11-12H,3,5,7-8H2,1-2H3/t11-,12?/m1/s1. The lowest BCUT2D eigenvalue weighted by atomic mass is 9.76. The summed E-state index contributed by atoms with van der Waals surface area (Å²) >= 11 is 3.42. The van der Waals surface area contributed by atoms with Gasteiger partial charge in [0.1, 0.15) is 5.78 Å². The highest BCUT2D eigenvalue weighted by molar-refractivity contribution is 9.10. The molecule has 0 amide bonds. The van der Waals surface area contributed by atoms with Crippen LogP contribution >= 0.6 is 15.9 Å². The van der Waals surface area contributed by atoms with Crippen LogP contribution in [0.4, 0.5) is 0 Å². The topological polar surface area (TPSA) is 34.1 Å². The van der Waals surface area contributed by atoms with Crippen molar-refractivity contribution < 1.29 is 9.59 Å². The summed E-state index contributed by atoms with van der Waals surface area (Å²) in [7, 11) is 0. The van der Waals surface area contributed by atoms with Crippen molar-refractivity contribution in [3.63, 3.8) is 0 Å². The molecule has 19 heavy (non-hydrogen) atoms. The van der Waals surface area contributed by atoms with Crippen molar-refractivity contribution in [2.45, 2.75) is 39.5 Å². The van der Waals surface area contributed by atoms with Gasteiger partial charge in [0.25, 0.3) is 0 Å². The van der Waals surface area contributed by atoms with Crippen molar-refractivity contribution in [3.8, 4) is 0 Å². The summed E-state index contributed by atoms with van der Waals surface area (Å²) in [5.41, 5.74) is 1.81. The van der Waals surface area contributed by atoms with E-state index >= 15 is 0 Å². The number of carbonyl (C=O) groups excluding carboxylic acids is 2. The third kappa shape index (κ3) is 3.14. The highest BCUT2D eigenvalue weighted by Crippen LogP contribution is 2.32. The predicted molar refractivity (Wildman–Crippen MR) is 79.3 cm³/mol. The fourth-order valence-corrected chi connectivity index (χ4v) is 3.19. The lowest BCUT2D eigenvalue weighted by Gasteiger charge is -2.26. The number of carbonyl (C=O) groups is 2. The second-order valence-electron chi connectivity index (χ2n) is 5.37. The predicted octanol–water partition coefficient (Wildman–Crippen LogP) is 4.34. The Hall–Kier alpha value is -0.960. The van der Waals surface area contributed by atoms with Crippen LogP contribution in [0, 0.1) is 18.8 Å². The van der Waals surface area contributed by atoms with E-state index in [2.05, 4.69) is 15.9 Å². The minimum atomic E-state index is 0.00986. The summed E-state index contributed by atoms with van der Waals surface area (Å²) in [5, 5.41) is 0. The van der Waals surface area contributed by atoms with Crippen LogP contribution in [-0.2, 0) is 4.79 Å². The SMILES string of the molecule is CC[C@@H]1CC(C(=O)c2cc(Br)ccc2C)CCC1=O. The lowest BCUT2D eigenvalue weighted by Crippen LogP contribution is -2.29. The molecule has 0 saturated heterocycles. The molecule has 1 aromatic carbocycles. The van der Waals surface area contributed by atoms with Crippen LogP contribution in [0.3, 0.4) is 0 Å². The molecule has 1 unspecified atom stereocenters. The Balaban J connectivity index is 2.20. The molecule has 1 fully saturated rings. The summed E-state index contributed by atoms with van der Waals surface area (Å²) in [6.07, 6.45) is 2.84. The number of Topliss-reactive ketones (excluding diaryl/α,β-unsaturated/α-hetero) is 2. The van der Waals surface area contributed by atoms with Crippen LogP contribution in [-0.4, -0.2) is 11.6 Å². The quantitative estimate of drug-likeness (QED) is 0.776. The number of hydrogen-bond donors (Lipinski definition) is 0. The maximum atomic E-state index is 12.6. The second kappa shape index (κ2) is 6.00. The minimum Gasteiger partial charge on any atom is -0.299 e. The number of rotatable bonds is 3. The van der Waals surface area contributed by atoms with Crippen LogP contribution < -0.4 is 0 Å². The molecule has 2 atom stereocenters. The van der Waals surface area contributed by atoms with E-state index in [1.54, 1.807) is 0 Å². The van der Waals surface area contributed by atoms with Crippen LogP contribution in [0.5, 0.6) is 0 Å². The van der Waals surface area contributed by atoms with Gasteiger partial charge >= 0.3 is 0 Å². The molecule has 2 rings (SSSR count). The third-order valence-electron chi connectivity index (χ3n) is 4.09. The molecule has 1 saturated carbocycles. The maximum absolute atomic E-state index is 12.6. The molecular weight excluding hydrogens is 304 g/mol. The largest absolute Gasteiger partial charge is 0.299 e. The first-order chi connectivity index (χ1) is 9.02.